The second kappa shape index (κ2) is 11.4. The van der Waals surface area contributed by atoms with Gasteiger partial charge in [0.15, 0.2) is 5.03 Å². The number of carbonyl (C=O) groups excluding carboxylic acids is 1. The third-order valence-corrected chi connectivity index (χ3v) is 7.57. The molecule has 0 fully saturated rings. The van der Waals surface area contributed by atoms with Gasteiger partial charge in [0, 0.05) is 31.4 Å². The van der Waals surface area contributed by atoms with E-state index in [1.807, 2.05) is 49.3 Å². The van der Waals surface area contributed by atoms with Crippen LogP contribution in [0.3, 0.4) is 0 Å². The minimum absolute atomic E-state index is 0.0906. The molecule has 1 aliphatic heterocycles. The molecule has 1 aromatic carbocycles. The van der Waals surface area contributed by atoms with E-state index in [9.17, 15) is 13.2 Å². The molecule has 198 valence electrons. The highest BCUT2D eigenvalue weighted by Gasteiger charge is 2.25. The Labute approximate surface area is 218 Å². The fourth-order valence-corrected chi connectivity index (χ4v) is 5.56. The molecule has 4 bridgehead atoms. The molecule has 0 spiro atoms. The van der Waals surface area contributed by atoms with Crippen molar-refractivity contribution in [3.05, 3.63) is 59.4 Å². The Balaban J connectivity index is 1.75. The van der Waals surface area contributed by atoms with Crippen molar-refractivity contribution in [2.75, 3.05) is 20.7 Å². The third kappa shape index (κ3) is 6.56. The number of fused-ring (bicyclic) bond motifs is 6. The van der Waals surface area contributed by atoms with Gasteiger partial charge in [-0.2, -0.15) is 13.5 Å². The molecule has 2 aromatic heterocycles. The largest absolute Gasteiger partial charge is 0.478 e. The van der Waals surface area contributed by atoms with Crippen LogP contribution in [-0.2, 0) is 34.3 Å². The lowest BCUT2D eigenvalue weighted by Gasteiger charge is -2.18. The number of amides is 1. The minimum atomic E-state index is -4.13. The van der Waals surface area contributed by atoms with Crippen LogP contribution in [0, 0.1) is 0 Å². The molecule has 0 saturated carbocycles. The first-order chi connectivity index (χ1) is 17.6. The minimum Gasteiger partial charge on any atom is -0.478 e. The van der Waals surface area contributed by atoms with E-state index in [0.717, 1.165) is 47.2 Å². The number of aromatic nitrogens is 3. The lowest BCUT2D eigenvalue weighted by molar-refractivity contribution is -0.118. The molecular weight excluding hydrogens is 490 g/mol. The van der Waals surface area contributed by atoms with Gasteiger partial charge in [0.2, 0.25) is 11.8 Å². The predicted octanol–water partition coefficient (Wildman–Crippen LogP) is 3.74. The zero-order chi connectivity index (χ0) is 26.6. The number of ether oxygens (including phenoxy) is 1. The Hall–Kier alpha value is -3.24. The normalized spacial score (nSPS) is 16.4. The number of nitrogens with zero attached hydrogens (tertiary/aromatic N) is 4. The van der Waals surface area contributed by atoms with Gasteiger partial charge in [-0.3, -0.25) is 9.48 Å². The quantitative estimate of drug-likeness (QED) is 0.555. The summed E-state index contributed by atoms with van der Waals surface area (Å²) in [6.45, 7) is 5.74. The summed E-state index contributed by atoms with van der Waals surface area (Å²) in [4.78, 5) is 19.5. The number of carbonyl (C=O) groups is 1. The van der Waals surface area contributed by atoms with E-state index in [4.69, 9.17) is 4.74 Å². The van der Waals surface area contributed by atoms with Gasteiger partial charge in [-0.05, 0) is 67.6 Å². The van der Waals surface area contributed by atoms with E-state index in [-0.39, 0.29) is 17.4 Å². The van der Waals surface area contributed by atoms with Gasteiger partial charge in [0.05, 0.1) is 18.7 Å². The second-order valence-electron chi connectivity index (χ2n) is 9.96. The number of hydrogen-bond donors (Lipinski definition) is 1. The standard InChI is InChI=1S/C27H35N5O4S/c1-19(2)22-9-8-10-23-20-11-12-28-26(15-20)36-14-7-5-6-13-32-21(18-31(3)4)16-27(29-32)37(34,35)30-25(33)17-24(22)23/h8-12,15-16,19H,5-7,13-14,17-18H2,1-4H3,(H,30,33). The Kier molecular flexibility index (Phi) is 8.29. The maximum absolute atomic E-state index is 13.2. The first-order valence-corrected chi connectivity index (χ1v) is 14.1. The highest BCUT2D eigenvalue weighted by Crippen LogP contribution is 2.32. The summed E-state index contributed by atoms with van der Waals surface area (Å²) < 4.78 is 36.3. The average molecular weight is 526 g/mol. The summed E-state index contributed by atoms with van der Waals surface area (Å²) in [6, 6.07) is 11.2. The summed E-state index contributed by atoms with van der Waals surface area (Å²) in [5, 5.41) is 4.23. The van der Waals surface area contributed by atoms with Gasteiger partial charge in [0.25, 0.3) is 10.0 Å². The van der Waals surface area contributed by atoms with Crippen LogP contribution in [-0.4, -0.2) is 54.7 Å². The summed E-state index contributed by atoms with van der Waals surface area (Å²) in [5.41, 5.74) is 4.26. The van der Waals surface area contributed by atoms with E-state index < -0.39 is 15.9 Å². The third-order valence-electron chi connectivity index (χ3n) is 6.32. The first-order valence-electron chi connectivity index (χ1n) is 12.6. The van der Waals surface area contributed by atoms with Crippen molar-refractivity contribution in [2.45, 2.75) is 63.6 Å². The van der Waals surface area contributed by atoms with Crippen molar-refractivity contribution in [1.29, 1.82) is 0 Å². The number of benzene rings is 1. The predicted molar refractivity (Wildman–Crippen MR) is 142 cm³/mol. The fraction of sp³-hybridized carbons (Fsp3) is 0.444. The van der Waals surface area contributed by atoms with Crippen LogP contribution < -0.4 is 9.46 Å². The van der Waals surface area contributed by atoms with Crippen molar-refractivity contribution in [3.63, 3.8) is 0 Å². The molecular formula is C27H35N5O4S. The monoisotopic (exact) mass is 525 g/mol. The highest BCUT2D eigenvalue weighted by atomic mass is 32.2. The number of pyridine rings is 1. The SMILES string of the molecule is CC(C)c1cccc2c1CC(=O)NS(=O)(=O)c1cc(CN(C)C)n(n1)CCCCCOc1cc-2ccn1. The smallest absolute Gasteiger partial charge is 0.283 e. The Bertz CT molecular complexity index is 1360. The van der Waals surface area contributed by atoms with Crippen molar-refractivity contribution in [1.82, 2.24) is 24.4 Å². The van der Waals surface area contributed by atoms with Gasteiger partial charge >= 0.3 is 0 Å². The van der Waals surface area contributed by atoms with E-state index in [0.29, 0.717) is 25.6 Å². The summed E-state index contributed by atoms with van der Waals surface area (Å²) in [5.74, 6) is 0.0558. The van der Waals surface area contributed by atoms with Gasteiger partial charge in [-0.25, -0.2) is 9.71 Å². The fourth-order valence-electron chi connectivity index (χ4n) is 4.59. The molecule has 1 amide bonds. The molecule has 0 atom stereocenters. The van der Waals surface area contributed by atoms with Crippen molar-refractivity contribution >= 4 is 15.9 Å². The van der Waals surface area contributed by atoms with Crippen molar-refractivity contribution in [3.8, 4) is 17.0 Å². The van der Waals surface area contributed by atoms with E-state index in [1.165, 1.54) is 0 Å². The van der Waals surface area contributed by atoms with Crippen LogP contribution in [0.1, 0.15) is 55.8 Å². The Morgan fingerprint density at radius 3 is 2.70 bits per heavy atom. The Morgan fingerprint density at radius 2 is 1.95 bits per heavy atom. The molecule has 1 N–H and O–H groups in total. The zero-order valence-electron chi connectivity index (χ0n) is 21.9. The van der Waals surface area contributed by atoms with Crippen LogP contribution in [0.25, 0.3) is 11.1 Å². The van der Waals surface area contributed by atoms with Crippen LogP contribution in [0.15, 0.2) is 47.6 Å². The van der Waals surface area contributed by atoms with Gasteiger partial charge in [0.1, 0.15) is 0 Å². The Morgan fingerprint density at radius 1 is 1.14 bits per heavy atom. The van der Waals surface area contributed by atoms with Crippen LogP contribution in [0.5, 0.6) is 5.88 Å². The van der Waals surface area contributed by atoms with Gasteiger partial charge in [-0.15, -0.1) is 0 Å². The second-order valence-corrected chi connectivity index (χ2v) is 11.6. The molecule has 10 heteroatoms. The molecule has 3 heterocycles. The lowest BCUT2D eigenvalue weighted by Crippen LogP contribution is -2.32. The van der Waals surface area contributed by atoms with Crippen LogP contribution >= 0.6 is 0 Å². The molecule has 4 rings (SSSR count). The number of hydrogen-bond acceptors (Lipinski definition) is 7. The number of aryl methyl sites for hydroxylation is 1. The molecule has 0 aliphatic carbocycles. The number of nitrogens with one attached hydrogen (secondary N) is 1. The van der Waals surface area contributed by atoms with E-state index in [2.05, 4.69) is 28.7 Å². The molecule has 9 nitrogen and oxygen atoms in total. The topological polar surface area (TPSA) is 106 Å². The lowest BCUT2D eigenvalue weighted by atomic mass is 9.88. The highest BCUT2D eigenvalue weighted by molar-refractivity contribution is 7.90. The van der Waals surface area contributed by atoms with E-state index in [1.54, 1.807) is 16.9 Å². The maximum atomic E-state index is 13.2. The maximum Gasteiger partial charge on any atom is 0.283 e. The molecule has 1 aliphatic rings. The van der Waals surface area contributed by atoms with Crippen molar-refractivity contribution < 1.29 is 17.9 Å². The number of sulfonamides is 1. The molecule has 37 heavy (non-hydrogen) atoms. The molecule has 0 saturated heterocycles. The van der Waals surface area contributed by atoms with E-state index >= 15 is 0 Å². The average Bonchev–Trinajstić information content (AvgIpc) is 3.23. The first kappa shape index (κ1) is 26.8. The zero-order valence-corrected chi connectivity index (χ0v) is 22.7. The van der Waals surface area contributed by atoms with Gasteiger partial charge < -0.3 is 9.64 Å². The van der Waals surface area contributed by atoms with Crippen molar-refractivity contribution in [2.24, 2.45) is 0 Å². The van der Waals surface area contributed by atoms with Gasteiger partial charge in [-0.1, -0.05) is 32.0 Å². The summed E-state index contributed by atoms with van der Waals surface area (Å²) >= 11 is 0. The number of rotatable bonds is 3. The molecule has 3 aromatic rings. The molecule has 0 unspecified atom stereocenters. The summed E-state index contributed by atoms with van der Waals surface area (Å²) in [6.07, 6.45) is 4.15. The van der Waals surface area contributed by atoms with Crippen LogP contribution in [0.4, 0.5) is 0 Å². The van der Waals surface area contributed by atoms with Crippen LogP contribution in [0.2, 0.25) is 0 Å². The molecule has 0 radical (unpaired) electrons. The summed E-state index contributed by atoms with van der Waals surface area (Å²) in [7, 11) is -0.303.